The van der Waals surface area contributed by atoms with E-state index in [2.05, 4.69) is 10.3 Å². The Kier molecular flexibility index (Phi) is 5.05. The molecule has 6 nitrogen and oxygen atoms in total. The lowest BCUT2D eigenvalue weighted by Gasteiger charge is -2.25. The van der Waals surface area contributed by atoms with Crippen molar-refractivity contribution < 1.29 is 13.2 Å². The van der Waals surface area contributed by atoms with Crippen LogP contribution in [-0.2, 0) is 9.84 Å². The summed E-state index contributed by atoms with van der Waals surface area (Å²) in [5.41, 5.74) is 1.19. The molecule has 2 rings (SSSR count). The summed E-state index contributed by atoms with van der Waals surface area (Å²) >= 11 is 0. The Balaban J connectivity index is 2.01. The molecule has 1 unspecified atom stereocenters. The lowest BCUT2D eigenvalue weighted by molar-refractivity contribution is 0.0944. The number of rotatable bonds is 5. The van der Waals surface area contributed by atoms with Crippen molar-refractivity contribution in [1.29, 1.82) is 0 Å². The summed E-state index contributed by atoms with van der Waals surface area (Å²) in [7, 11) is -1.05. The van der Waals surface area contributed by atoms with Crippen LogP contribution in [0, 0.1) is 5.92 Å². The van der Waals surface area contributed by atoms with E-state index < -0.39 is 9.84 Å². The number of carbonyl (C=O) groups excluding carboxylic acids is 1. The first-order valence-corrected chi connectivity index (χ1v) is 9.28. The van der Waals surface area contributed by atoms with Gasteiger partial charge in [0.1, 0.15) is 5.69 Å². The van der Waals surface area contributed by atoms with Gasteiger partial charge in [-0.25, -0.2) is 13.4 Å². The summed E-state index contributed by atoms with van der Waals surface area (Å²) in [5, 5.41) is 2.82. The molecule has 0 radical (unpaired) electrons. The molecule has 0 aromatic carbocycles. The fraction of sp³-hybridized carbons (Fsp3) is 0.600. The molecule has 0 aliphatic carbocycles. The maximum Gasteiger partial charge on any atom is 0.269 e. The van der Waals surface area contributed by atoms with Gasteiger partial charge in [0.15, 0.2) is 9.84 Å². The number of pyridine rings is 1. The molecule has 1 aliphatic rings. The fourth-order valence-electron chi connectivity index (χ4n) is 2.41. The van der Waals surface area contributed by atoms with Crippen LogP contribution in [0.3, 0.4) is 0 Å². The minimum absolute atomic E-state index is 0.0209. The highest BCUT2D eigenvalue weighted by atomic mass is 32.2. The molecule has 1 aromatic heterocycles. The van der Waals surface area contributed by atoms with Crippen molar-refractivity contribution in [1.82, 2.24) is 10.3 Å². The van der Waals surface area contributed by atoms with Gasteiger partial charge in [-0.15, -0.1) is 0 Å². The molecule has 0 saturated carbocycles. The summed E-state index contributed by atoms with van der Waals surface area (Å²) in [5.74, 6) is 0.621. The van der Waals surface area contributed by atoms with Gasteiger partial charge in [0.2, 0.25) is 0 Å². The van der Waals surface area contributed by atoms with Gasteiger partial charge in [-0.3, -0.25) is 4.79 Å². The second-order valence-corrected chi connectivity index (χ2v) is 8.40. The van der Waals surface area contributed by atoms with Crippen LogP contribution in [0.5, 0.6) is 0 Å². The molecule has 0 bridgehead atoms. The van der Waals surface area contributed by atoms with Crippen LogP contribution in [0.2, 0.25) is 0 Å². The van der Waals surface area contributed by atoms with Crippen LogP contribution in [0.15, 0.2) is 18.3 Å². The summed E-state index contributed by atoms with van der Waals surface area (Å²) in [6, 6.07) is 3.46. The van der Waals surface area contributed by atoms with E-state index in [4.69, 9.17) is 0 Å². The smallest absolute Gasteiger partial charge is 0.269 e. The van der Waals surface area contributed by atoms with E-state index >= 15 is 0 Å². The number of anilines is 1. The number of sulfone groups is 1. The SMILES string of the molecule is CC(C)CNC(=O)c1ccc(N(C)C2CCS(=O)(=O)C2)cn1. The number of carbonyl (C=O) groups is 1. The Morgan fingerprint density at radius 2 is 2.18 bits per heavy atom. The maximum atomic E-state index is 11.9. The standard InChI is InChI=1S/C15H23N3O3S/c1-11(2)8-17-15(19)14-5-4-12(9-16-14)18(3)13-6-7-22(20,21)10-13/h4-5,9,11,13H,6-8,10H2,1-3H3,(H,17,19). The number of amides is 1. The Hall–Kier alpha value is -1.63. The first kappa shape index (κ1) is 16.7. The number of hydrogen-bond donors (Lipinski definition) is 1. The summed E-state index contributed by atoms with van der Waals surface area (Å²) in [4.78, 5) is 18.0. The molecule has 122 valence electrons. The number of nitrogens with one attached hydrogen (secondary N) is 1. The van der Waals surface area contributed by atoms with Crippen molar-refractivity contribution >= 4 is 21.4 Å². The van der Waals surface area contributed by atoms with Gasteiger partial charge in [-0.1, -0.05) is 13.8 Å². The molecule has 22 heavy (non-hydrogen) atoms. The highest BCUT2D eigenvalue weighted by molar-refractivity contribution is 7.91. The van der Waals surface area contributed by atoms with E-state index in [1.165, 1.54) is 0 Å². The normalized spacial score (nSPS) is 20.1. The lowest BCUT2D eigenvalue weighted by atomic mass is 10.2. The van der Waals surface area contributed by atoms with E-state index in [0.717, 1.165) is 5.69 Å². The van der Waals surface area contributed by atoms with Crippen molar-refractivity contribution in [2.75, 3.05) is 30.0 Å². The molecule has 7 heteroatoms. The average Bonchev–Trinajstić information content (AvgIpc) is 2.84. The number of hydrogen-bond acceptors (Lipinski definition) is 5. The topological polar surface area (TPSA) is 79.4 Å². The van der Waals surface area contributed by atoms with Crippen molar-refractivity contribution in [3.63, 3.8) is 0 Å². The maximum absolute atomic E-state index is 11.9. The van der Waals surface area contributed by atoms with Gasteiger partial charge in [-0.05, 0) is 24.5 Å². The zero-order chi connectivity index (χ0) is 16.3. The second kappa shape index (κ2) is 6.64. The highest BCUT2D eigenvalue weighted by Gasteiger charge is 2.30. The lowest BCUT2D eigenvalue weighted by Crippen LogP contribution is -2.33. The zero-order valence-electron chi connectivity index (χ0n) is 13.2. The summed E-state index contributed by atoms with van der Waals surface area (Å²) in [6.07, 6.45) is 2.25. The quantitative estimate of drug-likeness (QED) is 0.877. The Bertz CT molecular complexity index is 626. The number of aromatic nitrogens is 1. The van der Waals surface area contributed by atoms with Gasteiger partial charge in [-0.2, -0.15) is 0 Å². The second-order valence-electron chi connectivity index (χ2n) is 6.17. The van der Waals surface area contributed by atoms with Crippen LogP contribution < -0.4 is 10.2 Å². The van der Waals surface area contributed by atoms with Crippen molar-refractivity contribution in [3.05, 3.63) is 24.0 Å². The van der Waals surface area contributed by atoms with Gasteiger partial charge < -0.3 is 10.2 Å². The van der Waals surface area contributed by atoms with Crippen molar-refractivity contribution in [2.45, 2.75) is 26.3 Å². The van der Waals surface area contributed by atoms with Crippen molar-refractivity contribution in [3.8, 4) is 0 Å². The zero-order valence-corrected chi connectivity index (χ0v) is 14.1. The first-order chi connectivity index (χ1) is 10.3. The molecule has 1 aromatic rings. The summed E-state index contributed by atoms with van der Waals surface area (Å²) in [6.45, 7) is 4.67. The highest BCUT2D eigenvalue weighted by Crippen LogP contribution is 2.22. The molecule has 0 spiro atoms. The number of nitrogens with zero attached hydrogens (tertiary/aromatic N) is 2. The molecule has 1 amide bonds. The third-order valence-corrected chi connectivity index (χ3v) is 5.57. The predicted molar refractivity (Wildman–Crippen MR) is 86.9 cm³/mol. The van der Waals surface area contributed by atoms with Crippen LogP contribution in [-0.4, -0.2) is 50.4 Å². The van der Waals surface area contributed by atoms with E-state index in [1.54, 1.807) is 12.3 Å². The third-order valence-electron chi connectivity index (χ3n) is 3.81. The van der Waals surface area contributed by atoms with Crippen LogP contribution in [0.1, 0.15) is 30.8 Å². The molecular weight excluding hydrogens is 302 g/mol. The Labute approximate surface area is 131 Å². The van der Waals surface area contributed by atoms with Gasteiger partial charge in [0.05, 0.1) is 23.4 Å². The first-order valence-electron chi connectivity index (χ1n) is 7.46. The van der Waals surface area contributed by atoms with Gasteiger partial charge in [0.25, 0.3) is 5.91 Å². The Morgan fingerprint density at radius 1 is 1.45 bits per heavy atom. The average molecular weight is 325 g/mol. The van der Waals surface area contributed by atoms with E-state index in [1.807, 2.05) is 31.9 Å². The third kappa shape index (κ3) is 4.19. The molecule has 1 N–H and O–H groups in total. The molecule has 1 saturated heterocycles. The monoisotopic (exact) mass is 325 g/mol. The predicted octanol–water partition coefficient (Wildman–Crippen LogP) is 1.09. The largest absolute Gasteiger partial charge is 0.369 e. The van der Waals surface area contributed by atoms with E-state index in [0.29, 0.717) is 24.6 Å². The van der Waals surface area contributed by atoms with Gasteiger partial charge >= 0.3 is 0 Å². The minimum Gasteiger partial charge on any atom is -0.369 e. The van der Waals surface area contributed by atoms with E-state index in [9.17, 15) is 13.2 Å². The molecule has 1 fully saturated rings. The van der Waals surface area contributed by atoms with Crippen LogP contribution in [0.25, 0.3) is 0 Å². The van der Waals surface area contributed by atoms with Crippen LogP contribution >= 0.6 is 0 Å². The van der Waals surface area contributed by atoms with Crippen LogP contribution in [0.4, 0.5) is 5.69 Å². The minimum atomic E-state index is -2.91. The summed E-state index contributed by atoms with van der Waals surface area (Å²) < 4.78 is 23.1. The van der Waals surface area contributed by atoms with E-state index in [-0.39, 0.29) is 23.5 Å². The van der Waals surface area contributed by atoms with Crippen molar-refractivity contribution in [2.24, 2.45) is 5.92 Å². The van der Waals surface area contributed by atoms with Gasteiger partial charge in [0, 0.05) is 19.6 Å². The fourth-order valence-corrected chi connectivity index (χ4v) is 4.18. The molecule has 1 atom stereocenters. The molecule has 2 heterocycles. The Morgan fingerprint density at radius 3 is 2.68 bits per heavy atom. The molecular formula is C15H23N3O3S. The molecule has 1 aliphatic heterocycles.